The van der Waals surface area contributed by atoms with E-state index in [2.05, 4.69) is 47.2 Å². The first-order valence-electron chi connectivity index (χ1n) is 14.1. The van der Waals surface area contributed by atoms with Gasteiger partial charge in [0.1, 0.15) is 21.5 Å². The number of sulfone groups is 1. The highest BCUT2D eigenvalue weighted by Crippen LogP contribution is 2.37. The molecule has 4 heterocycles. The summed E-state index contributed by atoms with van der Waals surface area (Å²) in [7, 11) is -1.36. The zero-order valence-corrected chi connectivity index (χ0v) is 25.0. The van der Waals surface area contributed by atoms with Crippen molar-refractivity contribution in [1.82, 2.24) is 15.0 Å². The van der Waals surface area contributed by atoms with Gasteiger partial charge in [-0.1, -0.05) is 19.9 Å². The normalized spacial score (nSPS) is 20.0. The van der Waals surface area contributed by atoms with E-state index in [-0.39, 0.29) is 17.8 Å². The average molecular weight is 585 g/mol. The van der Waals surface area contributed by atoms with E-state index in [0.717, 1.165) is 29.5 Å². The monoisotopic (exact) mass is 584 g/mol. The number of hydrogen-bond acceptors (Lipinski definition) is 11. The molecule has 0 unspecified atom stereocenters. The maximum absolute atomic E-state index is 11.7. The van der Waals surface area contributed by atoms with Crippen LogP contribution in [0.15, 0.2) is 36.7 Å². The summed E-state index contributed by atoms with van der Waals surface area (Å²) in [5.74, 6) is 2.51. The van der Waals surface area contributed by atoms with Gasteiger partial charge >= 0.3 is 0 Å². The molecular weight excluding hydrogens is 544 g/mol. The van der Waals surface area contributed by atoms with Crippen molar-refractivity contribution in [2.45, 2.75) is 38.4 Å². The highest BCUT2D eigenvalue weighted by Gasteiger charge is 2.31. The Morgan fingerprint density at radius 1 is 1.07 bits per heavy atom. The highest BCUT2D eigenvalue weighted by atomic mass is 32.2. The van der Waals surface area contributed by atoms with Gasteiger partial charge in [0, 0.05) is 68.9 Å². The summed E-state index contributed by atoms with van der Waals surface area (Å²) in [5, 5.41) is 16.1. The average Bonchev–Trinajstić information content (AvgIpc) is 2.90. The van der Waals surface area contributed by atoms with Crippen LogP contribution in [0.3, 0.4) is 0 Å². The minimum absolute atomic E-state index is 0.153. The first kappa shape index (κ1) is 29.4. The largest absolute Gasteiger partial charge is 0.389 e. The topological polar surface area (TPSA) is 130 Å². The third-order valence-electron chi connectivity index (χ3n) is 7.69. The number of nitrogens with zero attached hydrogens (tertiary/aromatic N) is 5. The predicted octanol–water partition coefficient (Wildman–Crippen LogP) is 2.98. The molecule has 2 N–H and O–H groups in total. The van der Waals surface area contributed by atoms with Crippen LogP contribution in [0.2, 0.25) is 0 Å². The zero-order chi connectivity index (χ0) is 29.1. The molecule has 5 rings (SSSR count). The van der Waals surface area contributed by atoms with Gasteiger partial charge in [0.05, 0.1) is 31.2 Å². The molecule has 41 heavy (non-hydrogen) atoms. The maximum Gasteiger partial charge on any atom is 0.227 e. The van der Waals surface area contributed by atoms with Crippen LogP contribution in [0.4, 0.5) is 23.3 Å². The van der Waals surface area contributed by atoms with Crippen molar-refractivity contribution in [3.63, 3.8) is 0 Å². The number of rotatable bonds is 11. The number of benzene rings is 1. The molecule has 2 aliphatic heterocycles. The Morgan fingerprint density at radius 2 is 1.88 bits per heavy atom. The second-order valence-electron chi connectivity index (χ2n) is 11.4. The van der Waals surface area contributed by atoms with E-state index < -0.39 is 15.9 Å². The van der Waals surface area contributed by atoms with E-state index in [1.807, 2.05) is 11.1 Å². The number of fused-ring (bicyclic) bond motifs is 1. The van der Waals surface area contributed by atoms with Crippen LogP contribution in [-0.4, -0.2) is 99.2 Å². The lowest BCUT2D eigenvalue weighted by atomic mass is 9.93. The lowest BCUT2D eigenvalue weighted by Gasteiger charge is -2.41. The summed E-state index contributed by atoms with van der Waals surface area (Å²) in [6, 6.07) is 8.14. The second kappa shape index (κ2) is 12.4. The van der Waals surface area contributed by atoms with Crippen LogP contribution in [0.5, 0.6) is 0 Å². The molecule has 12 heteroatoms. The van der Waals surface area contributed by atoms with Crippen LogP contribution in [0.25, 0.3) is 10.8 Å². The summed E-state index contributed by atoms with van der Waals surface area (Å²) >= 11 is 0. The van der Waals surface area contributed by atoms with Gasteiger partial charge in [0.2, 0.25) is 5.95 Å². The standard InChI is InChI=1S/C29H40N6O5S/c1-19(2)21-5-6-24(35-15-20(16-35)18-41(4,37)38)23-14-31-28(13-22(21)23)32-27-7-9-30-29(33-27)34-10-8-26(25(36)17-34)40-12-11-39-3/h5-7,9,13-14,19-20,25-26,36H,8,10-12,15-18H2,1-4H3,(H,30,31,32,33)/t25-,26-/m1/s1. The van der Waals surface area contributed by atoms with Gasteiger partial charge in [-0.05, 0) is 41.5 Å². The number of hydrogen-bond donors (Lipinski definition) is 2. The fourth-order valence-corrected chi connectivity index (χ4v) is 6.73. The second-order valence-corrected chi connectivity index (χ2v) is 13.6. The molecule has 222 valence electrons. The number of methoxy groups -OCH3 is 1. The van der Waals surface area contributed by atoms with Crippen LogP contribution >= 0.6 is 0 Å². The lowest BCUT2D eigenvalue weighted by molar-refractivity contribution is -0.0593. The predicted molar refractivity (Wildman–Crippen MR) is 161 cm³/mol. The molecular formula is C29H40N6O5S. The quantitative estimate of drug-likeness (QED) is 0.323. The Balaban J connectivity index is 1.31. The fraction of sp³-hybridized carbons (Fsp3) is 0.552. The van der Waals surface area contributed by atoms with Gasteiger partial charge in [0.15, 0.2) is 0 Å². The molecule has 0 spiro atoms. The Labute approximate surface area is 241 Å². The number of β-amino-alcohol motifs (C(OH)–C–C–N with tert-alkyl or cyclic N) is 1. The number of pyridine rings is 1. The third kappa shape index (κ3) is 7.06. The third-order valence-corrected chi connectivity index (χ3v) is 8.77. The molecule has 0 saturated carbocycles. The Kier molecular flexibility index (Phi) is 8.93. The van der Waals surface area contributed by atoms with Crippen LogP contribution in [0, 0.1) is 5.92 Å². The van der Waals surface area contributed by atoms with E-state index in [1.54, 1.807) is 19.4 Å². The molecule has 0 radical (unpaired) electrons. The number of ether oxygens (including phenoxy) is 2. The minimum atomic E-state index is -2.99. The van der Waals surface area contributed by atoms with Crippen molar-refractivity contribution in [2.24, 2.45) is 5.92 Å². The summed E-state index contributed by atoms with van der Waals surface area (Å²) in [4.78, 5) is 18.0. The molecule has 2 aromatic heterocycles. The molecule has 2 saturated heterocycles. The molecule has 11 nitrogen and oxygen atoms in total. The summed E-state index contributed by atoms with van der Waals surface area (Å²) in [5.41, 5.74) is 2.29. The van der Waals surface area contributed by atoms with Crippen LogP contribution < -0.4 is 15.1 Å². The Hall–Kier alpha value is -3.06. The van der Waals surface area contributed by atoms with Crippen molar-refractivity contribution in [3.05, 3.63) is 42.2 Å². The molecule has 3 aromatic rings. The van der Waals surface area contributed by atoms with E-state index in [1.165, 1.54) is 11.8 Å². The molecule has 0 amide bonds. The van der Waals surface area contributed by atoms with Gasteiger partial charge in [-0.2, -0.15) is 4.98 Å². The van der Waals surface area contributed by atoms with Crippen molar-refractivity contribution in [1.29, 1.82) is 0 Å². The van der Waals surface area contributed by atoms with Crippen molar-refractivity contribution < 1.29 is 23.0 Å². The van der Waals surface area contributed by atoms with Crippen molar-refractivity contribution in [2.75, 3.05) is 73.6 Å². The number of aliphatic hydroxyl groups is 1. The Bertz CT molecular complexity index is 1460. The van der Waals surface area contributed by atoms with E-state index >= 15 is 0 Å². The summed E-state index contributed by atoms with van der Waals surface area (Å²) in [6.07, 6.45) is 4.69. The number of nitrogens with one attached hydrogen (secondary N) is 1. The summed E-state index contributed by atoms with van der Waals surface area (Å²) < 4.78 is 34.2. The SMILES string of the molecule is COCCO[C@@H]1CCN(c2nccc(Nc3cc4c(C(C)C)ccc(N5CC(CS(C)(=O)=O)C5)c4cn3)n2)C[C@H]1O. The molecule has 0 aliphatic carbocycles. The van der Waals surface area contributed by atoms with Gasteiger partial charge in [-0.15, -0.1) is 0 Å². The van der Waals surface area contributed by atoms with E-state index in [4.69, 9.17) is 19.4 Å². The van der Waals surface area contributed by atoms with E-state index in [0.29, 0.717) is 56.2 Å². The first-order chi connectivity index (χ1) is 19.6. The van der Waals surface area contributed by atoms with Crippen molar-refractivity contribution in [3.8, 4) is 0 Å². The number of anilines is 4. The zero-order valence-electron chi connectivity index (χ0n) is 24.2. The highest BCUT2D eigenvalue weighted by molar-refractivity contribution is 7.90. The van der Waals surface area contributed by atoms with Gasteiger partial charge < -0.3 is 29.7 Å². The van der Waals surface area contributed by atoms with Crippen LogP contribution in [0.1, 0.15) is 31.7 Å². The lowest BCUT2D eigenvalue weighted by Crippen LogP contribution is -2.49. The van der Waals surface area contributed by atoms with Crippen LogP contribution in [-0.2, 0) is 19.3 Å². The Morgan fingerprint density at radius 3 is 2.59 bits per heavy atom. The summed E-state index contributed by atoms with van der Waals surface area (Å²) in [6.45, 7) is 7.79. The molecule has 2 atom stereocenters. The number of aromatic nitrogens is 3. The number of piperidine rings is 1. The van der Waals surface area contributed by atoms with Gasteiger partial charge in [-0.3, -0.25) is 0 Å². The molecule has 2 fully saturated rings. The van der Waals surface area contributed by atoms with E-state index in [9.17, 15) is 13.5 Å². The van der Waals surface area contributed by atoms with Gasteiger partial charge in [0.25, 0.3) is 0 Å². The minimum Gasteiger partial charge on any atom is -0.389 e. The fourth-order valence-electron chi connectivity index (χ4n) is 5.66. The van der Waals surface area contributed by atoms with Gasteiger partial charge in [-0.25, -0.2) is 18.4 Å². The van der Waals surface area contributed by atoms with Crippen molar-refractivity contribution >= 4 is 43.9 Å². The smallest absolute Gasteiger partial charge is 0.227 e. The number of aliphatic hydroxyl groups excluding tert-OH is 1. The molecule has 0 bridgehead atoms. The first-order valence-corrected chi connectivity index (χ1v) is 16.2. The maximum atomic E-state index is 11.7. The molecule has 2 aliphatic rings. The molecule has 1 aromatic carbocycles.